The molecule has 1 aliphatic rings. The number of rotatable bonds is 4. The zero-order valence-corrected chi connectivity index (χ0v) is 13.1. The number of aliphatic carboxylic acids is 1. The summed E-state index contributed by atoms with van der Waals surface area (Å²) in [6, 6.07) is 2.59. The van der Waals surface area contributed by atoms with Crippen molar-refractivity contribution >= 4 is 46.3 Å². The predicted octanol–water partition coefficient (Wildman–Crippen LogP) is 2.39. The van der Waals surface area contributed by atoms with Gasteiger partial charge < -0.3 is 5.11 Å². The first-order valence-corrected chi connectivity index (χ1v) is 7.54. The van der Waals surface area contributed by atoms with E-state index in [1.807, 2.05) is 0 Å². The summed E-state index contributed by atoms with van der Waals surface area (Å²) in [5.74, 6) is -1.64. The van der Waals surface area contributed by atoms with Gasteiger partial charge in [-0.25, -0.2) is 4.79 Å². The van der Waals surface area contributed by atoms with Crippen LogP contribution in [0, 0.1) is 5.92 Å². The van der Waals surface area contributed by atoms with Crippen molar-refractivity contribution in [1.29, 1.82) is 0 Å². The summed E-state index contributed by atoms with van der Waals surface area (Å²) < 4.78 is 0.279. The largest absolute Gasteiger partial charge is 0.480 e. The number of carbonyl (C=O) groups excluding carboxylic acids is 1. The molecule has 1 N–H and O–H groups in total. The third-order valence-electron chi connectivity index (χ3n) is 2.99. The van der Waals surface area contributed by atoms with E-state index in [1.165, 1.54) is 4.90 Å². The number of thioether (sulfide) groups is 1. The van der Waals surface area contributed by atoms with E-state index in [-0.39, 0.29) is 16.1 Å². The van der Waals surface area contributed by atoms with Crippen LogP contribution >= 0.6 is 24.0 Å². The van der Waals surface area contributed by atoms with Crippen molar-refractivity contribution < 1.29 is 14.7 Å². The normalized spacial score (nSPS) is 18.6. The lowest BCUT2D eigenvalue weighted by molar-refractivity contribution is -0.146. The molecule has 21 heavy (non-hydrogen) atoms. The quantitative estimate of drug-likeness (QED) is 0.678. The maximum atomic E-state index is 12.4. The first kappa shape index (κ1) is 15.7. The molecular formula is C14H14N2O3S2. The van der Waals surface area contributed by atoms with E-state index in [9.17, 15) is 14.7 Å². The molecule has 5 nitrogen and oxygen atoms in total. The van der Waals surface area contributed by atoms with Gasteiger partial charge in [-0.15, -0.1) is 0 Å². The lowest BCUT2D eigenvalue weighted by atomic mass is 10.0. The molecule has 1 aromatic rings. The van der Waals surface area contributed by atoms with Gasteiger partial charge in [-0.3, -0.25) is 14.7 Å². The van der Waals surface area contributed by atoms with Crippen molar-refractivity contribution in [2.24, 2.45) is 5.92 Å². The van der Waals surface area contributed by atoms with E-state index in [4.69, 9.17) is 12.2 Å². The van der Waals surface area contributed by atoms with Crippen LogP contribution in [0.2, 0.25) is 0 Å². The zero-order chi connectivity index (χ0) is 15.6. The van der Waals surface area contributed by atoms with Crippen LogP contribution in [0.1, 0.15) is 19.4 Å². The number of hydrogen-bond acceptors (Lipinski definition) is 5. The second-order valence-electron chi connectivity index (χ2n) is 4.86. The van der Waals surface area contributed by atoms with Crippen LogP contribution in [-0.2, 0) is 9.59 Å². The highest BCUT2D eigenvalue weighted by molar-refractivity contribution is 8.26. The molecule has 0 bridgehead atoms. The second-order valence-corrected chi connectivity index (χ2v) is 6.54. The summed E-state index contributed by atoms with van der Waals surface area (Å²) >= 11 is 6.30. The smallest absolute Gasteiger partial charge is 0.327 e. The maximum Gasteiger partial charge on any atom is 0.327 e. The van der Waals surface area contributed by atoms with E-state index >= 15 is 0 Å². The molecule has 1 saturated heterocycles. The zero-order valence-electron chi connectivity index (χ0n) is 11.5. The first-order valence-electron chi connectivity index (χ1n) is 6.31. The summed E-state index contributed by atoms with van der Waals surface area (Å²) in [6.07, 6.45) is 4.95. The number of aromatic nitrogens is 1. The molecule has 0 aromatic carbocycles. The van der Waals surface area contributed by atoms with Gasteiger partial charge in [0.05, 0.1) is 4.91 Å². The fraction of sp³-hybridized carbons (Fsp3) is 0.286. The lowest BCUT2D eigenvalue weighted by Gasteiger charge is -2.26. The Morgan fingerprint density at radius 1 is 1.43 bits per heavy atom. The Labute approximate surface area is 132 Å². The fourth-order valence-corrected chi connectivity index (χ4v) is 3.35. The number of amides is 1. The molecule has 1 atom stereocenters. The summed E-state index contributed by atoms with van der Waals surface area (Å²) in [7, 11) is 0. The SMILES string of the molecule is CC(C)[C@@H](C(=O)O)N1C(=O)/C(=C\c2ccncc2)SC1=S. The van der Waals surface area contributed by atoms with Crippen molar-refractivity contribution in [3.8, 4) is 0 Å². The molecule has 0 spiro atoms. The highest BCUT2D eigenvalue weighted by atomic mass is 32.2. The summed E-state index contributed by atoms with van der Waals surface area (Å²) in [6.45, 7) is 3.51. The number of pyridine rings is 1. The molecule has 0 unspecified atom stereocenters. The summed E-state index contributed by atoms with van der Waals surface area (Å²) in [5, 5.41) is 9.33. The molecular weight excluding hydrogens is 308 g/mol. The first-order chi connectivity index (χ1) is 9.91. The van der Waals surface area contributed by atoms with E-state index < -0.39 is 12.0 Å². The number of nitrogens with zero attached hydrogens (tertiary/aromatic N) is 2. The number of carboxylic acid groups (broad SMARTS) is 1. The van der Waals surface area contributed by atoms with Crippen molar-refractivity contribution in [2.45, 2.75) is 19.9 Å². The highest BCUT2D eigenvalue weighted by Gasteiger charge is 2.41. The predicted molar refractivity (Wildman–Crippen MR) is 85.5 cm³/mol. The monoisotopic (exact) mass is 322 g/mol. The minimum atomic E-state index is -1.05. The van der Waals surface area contributed by atoms with Gasteiger partial charge in [0.2, 0.25) is 0 Å². The van der Waals surface area contributed by atoms with Crippen LogP contribution in [-0.4, -0.2) is 37.2 Å². The van der Waals surface area contributed by atoms with Crippen LogP contribution < -0.4 is 0 Å². The van der Waals surface area contributed by atoms with E-state index in [0.29, 0.717) is 4.91 Å². The molecule has 1 aromatic heterocycles. The van der Waals surface area contributed by atoms with Gasteiger partial charge in [0.25, 0.3) is 5.91 Å². The molecule has 1 amide bonds. The molecule has 0 saturated carbocycles. The van der Waals surface area contributed by atoms with Gasteiger partial charge in [0.15, 0.2) is 0 Å². The second kappa shape index (κ2) is 6.36. The third kappa shape index (κ3) is 3.30. The standard InChI is InChI=1S/C14H14N2O3S2/c1-8(2)11(13(18)19)16-12(17)10(21-14(16)20)7-9-3-5-15-6-4-9/h3-8,11H,1-2H3,(H,18,19)/b10-7+/t11-/m0/s1. The van der Waals surface area contributed by atoms with E-state index in [1.54, 1.807) is 44.4 Å². The molecule has 7 heteroatoms. The molecule has 2 rings (SSSR count). The Bertz CT molecular complexity index is 614. The lowest BCUT2D eigenvalue weighted by Crippen LogP contribution is -2.47. The van der Waals surface area contributed by atoms with Gasteiger partial charge in [-0.2, -0.15) is 0 Å². The summed E-state index contributed by atoms with van der Waals surface area (Å²) in [5.41, 5.74) is 0.821. The average molecular weight is 322 g/mol. The Morgan fingerprint density at radius 2 is 2.05 bits per heavy atom. The van der Waals surface area contributed by atoms with E-state index in [0.717, 1.165) is 17.3 Å². The molecule has 0 radical (unpaired) electrons. The van der Waals surface area contributed by atoms with Crippen molar-refractivity contribution in [2.75, 3.05) is 0 Å². The average Bonchev–Trinajstić information content (AvgIpc) is 2.67. The molecule has 0 aliphatic carbocycles. The van der Waals surface area contributed by atoms with Gasteiger partial charge in [0.1, 0.15) is 10.4 Å². The Balaban J connectivity index is 2.32. The maximum absolute atomic E-state index is 12.4. The number of carboxylic acids is 1. The van der Waals surface area contributed by atoms with Crippen LogP contribution in [0.5, 0.6) is 0 Å². The number of thiocarbonyl (C=S) groups is 1. The van der Waals surface area contributed by atoms with E-state index in [2.05, 4.69) is 4.98 Å². The van der Waals surface area contributed by atoms with Crippen molar-refractivity contribution in [1.82, 2.24) is 9.88 Å². The van der Waals surface area contributed by atoms with Crippen molar-refractivity contribution in [3.63, 3.8) is 0 Å². The Hall–Kier alpha value is -1.73. The summed E-state index contributed by atoms with van der Waals surface area (Å²) in [4.78, 5) is 29.4. The molecule has 110 valence electrons. The number of carbonyl (C=O) groups is 2. The third-order valence-corrected chi connectivity index (χ3v) is 4.32. The topological polar surface area (TPSA) is 70.5 Å². The molecule has 1 fully saturated rings. The minimum absolute atomic E-state index is 0.231. The van der Waals surface area contributed by atoms with Crippen LogP contribution in [0.3, 0.4) is 0 Å². The van der Waals surface area contributed by atoms with Gasteiger partial charge in [-0.05, 0) is 29.7 Å². The van der Waals surface area contributed by atoms with Crippen LogP contribution in [0.4, 0.5) is 0 Å². The van der Waals surface area contributed by atoms with Crippen molar-refractivity contribution in [3.05, 3.63) is 35.0 Å². The number of hydrogen-bond donors (Lipinski definition) is 1. The highest BCUT2D eigenvalue weighted by Crippen LogP contribution is 2.35. The Kier molecular flexibility index (Phi) is 4.74. The fourth-order valence-electron chi connectivity index (χ4n) is 2.02. The minimum Gasteiger partial charge on any atom is -0.480 e. The van der Waals surface area contributed by atoms with Gasteiger partial charge in [-0.1, -0.05) is 37.8 Å². The van der Waals surface area contributed by atoms with Gasteiger partial charge >= 0.3 is 5.97 Å². The van der Waals surface area contributed by atoms with Gasteiger partial charge in [0, 0.05) is 12.4 Å². The van der Waals surface area contributed by atoms with Crippen LogP contribution in [0.25, 0.3) is 6.08 Å². The molecule has 1 aliphatic heterocycles. The van der Waals surface area contributed by atoms with Crippen LogP contribution in [0.15, 0.2) is 29.4 Å². The Morgan fingerprint density at radius 3 is 2.57 bits per heavy atom. The molecule has 2 heterocycles.